The highest BCUT2D eigenvalue weighted by atomic mass is 16.7. The van der Waals surface area contributed by atoms with Crippen molar-refractivity contribution in [3.8, 4) is 0 Å². The van der Waals surface area contributed by atoms with Gasteiger partial charge in [0.25, 0.3) is 0 Å². The lowest BCUT2D eigenvalue weighted by Crippen LogP contribution is -2.40. The first-order valence-electron chi connectivity index (χ1n) is 6.73. The van der Waals surface area contributed by atoms with Crippen LogP contribution in [0.15, 0.2) is 24.3 Å². The Morgan fingerprint density at radius 1 is 0.800 bits per heavy atom. The lowest BCUT2D eigenvalue weighted by atomic mass is 9.99. The van der Waals surface area contributed by atoms with Gasteiger partial charge in [-0.2, -0.15) is 0 Å². The van der Waals surface area contributed by atoms with Crippen LogP contribution in [-0.2, 0) is 18.9 Å². The predicted octanol–water partition coefficient (Wildman–Crippen LogP) is 0.343. The molecule has 2 heterocycles. The van der Waals surface area contributed by atoms with Gasteiger partial charge in [0.05, 0.1) is 24.4 Å². The second-order valence-electron chi connectivity index (χ2n) is 4.89. The highest BCUT2D eigenvalue weighted by molar-refractivity contribution is 5.02. The van der Waals surface area contributed by atoms with Gasteiger partial charge in [-0.3, -0.25) is 0 Å². The maximum atomic E-state index is 9.87. The first kappa shape index (κ1) is 15.6. The van der Waals surface area contributed by atoms with E-state index >= 15 is 0 Å². The second kappa shape index (κ2) is 7.31. The second-order valence-corrected chi connectivity index (χ2v) is 4.89. The molecule has 0 radical (unpaired) electrons. The molecule has 6 atom stereocenters. The molecule has 0 amide bonds. The van der Waals surface area contributed by atoms with E-state index in [-0.39, 0.29) is 12.2 Å². The third kappa shape index (κ3) is 3.88. The summed E-state index contributed by atoms with van der Waals surface area (Å²) in [5, 5.41) is 19.7. The van der Waals surface area contributed by atoms with Crippen molar-refractivity contribution in [2.75, 3.05) is 14.2 Å². The molecule has 0 aromatic heterocycles. The Morgan fingerprint density at radius 3 is 1.55 bits per heavy atom. The zero-order valence-electron chi connectivity index (χ0n) is 11.7. The summed E-state index contributed by atoms with van der Waals surface area (Å²) < 4.78 is 21.3. The first-order valence-corrected chi connectivity index (χ1v) is 6.73. The van der Waals surface area contributed by atoms with Crippen molar-refractivity contribution in [3.05, 3.63) is 24.3 Å². The Hall–Kier alpha value is -0.760. The maximum absolute atomic E-state index is 9.87. The third-order valence-electron chi connectivity index (χ3n) is 3.51. The minimum atomic E-state index is -0.670. The molecule has 0 spiro atoms. The summed E-state index contributed by atoms with van der Waals surface area (Å²) in [5.41, 5.74) is 0. The van der Waals surface area contributed by atoms with E-state index < -0.39 is 24.8 Å². The van der Waals surface area contributed by atoms with Crippen LogP contribution in [0.5, 0.6) is 0 Å². The zero-order chi connectivity index (χ0) is 14.5. The predicted molar refractivity (Wildman–Crippen MR) is 70.9 cm³/mol. The number of aliphatic hydroxyl groups is 2. The molecule has 6 nitrogen and oxygen atoms in total. The minimum Gasteiger partial charge on any atom is -0.386 e. The lowest BCUT2D eigenvalue weighted by Gasteiger charge is -2.32. The molecule has 0 aromatic rings. The Labute approximate surface area is 118 Å². The van der Waals surface area contributed by atoms with Crippen molar-refractivity contribution >= 4 is 0 Å². The Morgan fingerprint density at radius 2 is 1.20 bits per heavy atom. The smallest absolute Gasteiger partial charge is 0.177 e. The summed E-state index contributed by atoms with van der Waals surface area (Å²) in [6.45, 7) is 0. The maximum Gasteiger partial charge on any atom is 0.177 e. The summed E-state index contributed by atoms with van der Waals surface area (Å²) in [6.07, 6.45) is 4.84. The van der Waals surface area contributed by atoms with E-state index in [1.165, 1.54) is 0 Å². The average molecular weight is 286 g/mol. The molecular weight excluding hydrogens is 264 g/mol. The molecule has 20 heavy (non-hydrogen) atoms. The average Bonchev–Trinajstić information content (AvgIpc) is 2.48. The number of hydrogen-bond donors (Lipinski definition) is 2. The van der Waals surface area contributed by atoms with Crippen LogP contribution >= 0.6 is 0 Å². The summed E-state index contributed by atoms with van der Waals surface area (Å²) in [6, 6.07) is 0. The van der Waals surface area contributed by atoms with Gasteiger partial charge in [-0.05, 0) is 25.0 Å². The molecule has 0 bridgehead atoms. The van der Waals surface area contributed by atoms with Gasteiger partial charge in [-0.15, -0.1) is 0 Å². The summed E-state index contributed by atoms with van der Waals surface area (Å²) >= 11 is 0. The van der Waals surface area contributed by atoms with E-state index in [9.17, 15) is 10.2 Å². The topological polar surface area (TPSA) is 77.4 Å². The van der Waals surface area contributed by atoms with Crippen molar-refractivity contribution in [1.82, 2.24) is 0 Å². The van der Waals surface area contributed by atoms with E-state index in [0.717, 1.165) is 0 Å². The van der Waals surface area contributed by atoms with Gasteiger partial charge in [-0.25, -0.2) is 0 Å². The molecule has 0 aromatic carbocycles. The van der Waals surface area contributed by atoms with Crippen molar-refractivity contribution in [1.29, 1.82) is 0 Å². The molecule has 0 unspecified atom stereocenters. The summed E-state index contributed by atoms with van der Waals surface area (Å²) in [7, 11) is 3.09. The van der Waals surface area contributed by atoms with Crippen LogP contribution in [0.25, 0.3) is 0 Å². The molecule has 0 saturated carbocycles. The summed E-state index contributed by atoms with van der Waals surface area (Å²) in [4.78, 5) is 0. The Balaban J connectivity index is 1.85. The fourth-order valence-corrected chi connectivity index (χ4v) is 2.33. The number of aliphatic hydroxyl groups excluding tert-OH is 2. The van der Waals surface area contributed by atoms with Gasteiger partial charge in [0.15, 0.2) is 12.6 Å². The third-order valence-corrected chi connectivity index (χ3v) is 3.51. The fraction of sp³-hybridized carbons (Fsp3) is 0.714. The highest BCUT2D eigenvalue weighted by Gasteiger charge is 2.30. The van der Waals surface area contributed by atoms with Crippen LogP contribution in [-0.4, -0.2) is 61.4 Å². The van der Waals surface area contributed by atoms with Gasteiger partial charge < -0.3 is 29.2 Å². The van der Waals surface area contributed by atoms with Crippen LogP contribution < -0.4 is 0 Å². The Bertz CT molecular complexity index is 322. The lowest BCUT2D eigenvalue weighted by molar-refractivity contribution is -0.177. The van der Waals surface area contributed by atoms with Crippen LogP contribution in [0.2, 0.25) is 0 Å². The van der Waals surface area contributed by atoms with Crippen molar-refractivity contribution in [3.63, 3.8) is 0 Å². The minimum absolute atomic E-state index is 0.368. The number of hydrogen-bond acceptors (Lipinski definition) is 6. The van der Waals surface area contributed by atoms with E-state index in [4.69, 9.17) is 18.9 Å². The number of rotatable bonds is 5. The van der Waals surface area contributed by atoms with Crippen molar-refractivity contribution in [2.45, 2.75) is 49.8 Å². The number of methoxy groups -OCH3 is 2. The molecule has 0 saturated heterocycles. The van der Waals surface area contributed by atoms with Gasteiger partial charge in [0, 0.05) is 14.2 Å². The van der Waals surface area contributed by atoms with E-state index in [0.29, 0.717) is 12.8 Å². The molecule has 0 aliphatic carbocycles. The largest absolute Gasteiger partial charge is 0.386 e. The fourth-order valence-electron chi connectivity index (χ4n) is 2.33. The van der Waals surface area contributed by atoms with Gasteiger partial charge in [-0.1, -0.05) is 12.2 Å². The molecule has 2 aliphatic heterocycles. The molecule has 2 N–H and O–H groups in total. The van der Waals surface area contributed by atoms with Crippen LogP contribution in [0.3, 0.4) is 0 Å². The first-order chi connectivity index (χ1) is 9.63. The quantitative estimate of drug-likeness (QED) is 0.710. The monoisotopic (exact) mass is 286 g/mol. The van der Waals surface area contributed by atoms with Gasteiger partial charge >= 0.3 is 0 Å². The zero-order valence-corrected chi connectivity index (χ0v) is 11.7. The highest BCUT2D eigenvalue weighted by Crippen LogP contribution is 2.23. The molecule has 2 aliphatic rings. The molecule has 2 rings (SSSR count). The Kier molecular flexibility index (Phi) is 5.71. The normalized spacial score (nSPS) is 41.0. The summed E-state index contributed by atoms with van der Waals surface area (Å²) in [5.74, 6) is 0. The van der Waals surface area contributed by atoms with Gasteiger partial charge in [0.1, 0.15) is 0 Å². The molecule has 114 valence electrons. The van der Waals surface area contributed by atoms with Crippen LogP contribution in [0.1, 0.15) is 12.8 Å². The molecule has 0 fully saturated rings. The van der Waals surface area contributed by atoms with Gasteiger partial charge in [0.2, 0.25) is 0 Å². The van der Waals surface area contributed by atoms with E-state index in [1.54, 1.807) is 38.5 Å². The van der Waals surface area contributed by atoms with Crippen LogP contribution in [0.4, 0.5) is 0 Å². The number of ether oxygens (including phenoxy) is 4. The van der Waals surface area contributed by atoms with E-state index in [2.05, 4.69) is 0 Å². The SMILES string of the molecule is CO[C@@H]1C=C[C@@H](O)[C@@H](CC[C@H]2O[C@H](OC)C=C[C@H]2O)O1. The standard InChI is InChI=1S/C14H22O6/c1-17-13-7-3-9(15)11(19-13)5-6-12-10(16)4-8-14(18-2)20-12/h3-4,7-16H,5-6H2,1-2H3/t9-,10-,11-,12-,13+,14+/m1/s1. The van der Waals surface area contributed by atoms with Crippen LogP contribution in [0, 0.1) is 0 Å². The van der Waals surface area contributed by atoms with Crippen molar-refractivity contribution in [2.24, 2.45) is 0 Å². The molecule has 6 heteroatoms. The molecular formula is C14H22O6. The van der Waals surface area contributed by atoms with Crippen molar-refractivity contribution < 1.29 is 29.2 Å². The van der Waals surface area contributed by atoms with E-state index in [1.807, 2.05) is 0 Å².